The Kier molecular flexibility index (Phi) is 5.13. The fraction of sp³-hybridized carbons (Fsp3) is 0.316. The molecule has 1 fully saturated rings. The molecule has 0 amide bonds. The van der Waals surface area contributed by atoms with Gasteiger partial charge in [0.2, 0.25) is 0 Å². The lowest BCUT2D eigenvalue weighted by atomic mass is 9.89. The molecule has 0 aliphatic carbocycles. The predicted octanol–water partition coefficient (Wildman–Crippen LogP) is 4.53. The van der Waals surface area contributed by atoms with Crippen molar-refractivity contribution in [2.24, 2.45) is 0 Å². The molecule has 0 unspecified atom stereocenters. The molecule has 3 nitrogen and oxygen atoms in total. The maximum Gasteiger partial charge on any atom is 0.335 e. The van der Waals surface area contributed by atoms with Crippen LogP contribution in [0.4, 0.5) is 0 Å². The highest BCUT2D eigenvalue weighted by Crippen LogP contribution is 2.29. The van der Waals surface area contributed by atoms with E-state index in [9.17, 15) is 4.79 Å². The zero-order chi connectivity index (χ0) is 16.2. The van der Waals surface area contributed by atoms with E-state index in [0.717, 1.165) is 42.5 Å². The Morgan fingerprint density at radius 3 is 2.48 bits per heavy atom. The van der Waals surface area contributed by atoms with Crippen molar-refractivity contribution in [1.82, 2.24) is 4.90 Å². The monoisotopic (exact) mass is 373 g/mol. The number of likely N-dealkylation sites (tertiary alicyclic amines) is 1. The number of hydrogen-bond acceptors (Lipinski definition) is 2. The molecule has 0 aromatic heterocycles. The van der Waals surface area contributed by atoms with E-state index in [2.05, 4.69) is 45.1 Å². The average molecular weight is 374 g/mol. The van der Waals surface area contributed by atoms with Crippen LogP contribution < -0.4 is 0 Å². The minimum Gasteiger partial charge on any atom is -0.478 e. The third kappa shape index (κ3) is 4.21. The lowest BCUT2D eigenvalue weighted by Crippen LogP contribution is -2.32. The van der Waals surface area contributed by atoms with Gasteiger partial charge in [0.25, 0.3) is 0 Å². The molecule has 1 aliphatic heterocycles. The number of carboxylic acid groups (broad SMARTS) is 1. The summed E-state index contributed by atoms with van der Waals surface area (Å²) in [4.78, 5) is 13.5. The van der Waals surface area contributed by atoms with Crippen molar-refractivity contribution in [3.8, 4) is 0 Å². The Hall–Kier alpha value is -1.65. The summed E-state index contributed by atoms with van der Waals surface area (Å²) in [5, 5.41) is 9.08. The SMILES string of the molecule is O=C(O)c1cccc(CN2CCC(c3ccc(Br)cc3)CC2)c1. The second-order valence-electron chi connectivity index (χ2n) is 6.11. The van der Waals surface area contributed by atoms with Crippen LogP contribution in [0.15, 0.2) is 53.0 Å². The smallest absolute Gasteiger partial charge is 0.335 e. The van der Waals surface area contributed by atoms with Crippen LogP contribution >= 0.6 is 15.9 Å². The van der Waals surface area contributed by atoms with Crippen molar-refractivity contribution in [3.05, 3.63) is 69.7 Å². The summed E-state index contributed by atoms with van der Waals surface area (Å²) in [5.41, 5.74) is 2.86. The second kappa shape index (κ2) is 7.28. The van der Waals surface area contributed by atoms with Gasteiger partial charge in [0.15, 0.2) is 0 Å². The van der Waals surface area contributed by atoms with E-state index < -0.39 is 5.97 Å². The van der Waals surface area contributed by atoms with Crippen LogP contribution in [0, 0.1) is 0 Å². The number of carbonyl (C=O) groups is 1. The maximum absolute atomic E-state index is 11.1. The summed E-state index contributed by atoms with van der Waals surface area (Å²) in [6.45, 7) is 2.93. The number of aromatic carboxylic acids is 1. The Balaban J connectivity index is 1.58. The van der Waals surface area contributed by atoms with Crippen LogP contribution in [0.25, 0.3) is 0 Å². The molecule has 120 valence electrons. The van der Waals surface area contributed by atoms with Crippen molar-refractivity contribution in [1.29, 1.82) is 0 Å². The van der Waals surface area contributed by atoms with Crippen molar-refractivity contribution >= 4 is 21.9 Å². The zero-order valence-electron chi connectivity index (χ0n) is 12.9. The molecule has 3 rings (SSSR count). The molecular formula is C19H20BrNO2. The lowest BCUT2D eigenvalue weighted by Gasteiger charge is -2.32. The van der Waals surface area contributed by atoms with Gasteiger partial charge in [-0.15, -0.1) is 0 Å². The molecule has 0 bridgehead atoms. The van der Waals surface area contributed by atoms with Gasteiger partial charge in [-0.1, -0.05) is 40.2 Å². The van der Waals surface area contributed by atoms with E-state index in [0.29, 0.717) is 11.5 Å². The van der Waals surface area contributed by atoms with Crippen LogP contribution in [0.5, 0.6) is 0 Å². The predicted molar refractivity (Wildman–Crippen MR) is 94.8 cm³/mol. The fourth-order valence-corrected chi connectivity index (χ4v) is 3.48. The largest absolute Gasteiger partial charge is 0.478 e. The molecule has 1 aliphatic rings. The normalized spacial score (nSPS) is 16.4. The number of rotatable bonds is 4. The van der Waals surface area contributed by atoms with E-state index in [1.807, 2.05) is 12.1 Å². The van der Waals surface area contributed by atoms with Crippen LogP contribution in [0.3, 0.4) is 0 Å². The third-order valence-electron chi connectivity index (χ3n) is 4.51. The van der Waals surface area contributed by atoms with Gasteiger partial charge in [0, 0.05) is 11.0 Å². The number of nitrogens with zero attached hydrogens (tertiary/aromatic N) is 1. The molecule has 0 spiro atoms. The molecule has 2 aromatic rings. The molecule has 2 aromatic carbocycles. The van der Waals surface area contributed by atoms with Gasteiger partial charge in [-0.25, -0.2) is 4.79 Å². The van der Waals surface area contributed by atoms with Crippen LogP contribution in [-0.2, 0) is 6.54 Å². The van der Waals surface area contributed by atoms with Gasteiger partial charge in [-0.2, -0.15) is 0 Å². The Labute approximate surface area is 145 Å². The number of halogens is 1. The highest BCUT2D eigenvalue weighted by Gasteiger charge is 2.20. The van der Waals surface area contributed by atoms with E-state index in [4.69, 9.17) is 5.11 Å². The Morgan fingerprint density at radius 1 is 1.13 bits per heavy atom. The molecular weight excluding hydrogens is 354 g/mol. The van der Waals surface area contributed by atoms with E-state index in [-0.39, 0.29) is 0 Å². The fourth-order valence-electron chi connectivity index (χ4n) is 3.22. The summed E-state index contributed by atoms with van der Waals surface area (Å²) in [6.07, 6.45) is 2.31. The number of piperidine rings is 1. The summed E-state index contributed by atoms with van der Waals surface area (Å²) >= 11 is 3.48. The molecule has 1 N–H and O–H groups in total. The molecule has 4 heteroatoms. The topological polar surface area (TPSA) is 40.5 Å². The summed E-state index contributed by atoms with van der Waals surface area (Å²) in [5.74, 6) is -0.231. The van der Waals surface area contributed by atoms with Crippen molar-refractivity contribution in [2.45, 2.75) is 25.3 Å². The molecule has 0 saturated carbocycles. The van der Waals surface area contributed by atoms with Gasteiger partial charge >= 0.3 is 5.97 Å². The summed E-state index contributed by atoms with van der Waals surface area (Å²) in [6, 6.07) is 15.9. The molecule has 0 radical (unpaired) electrons. The van der Waals surface area contributed by atoms with Crippen LogP contribution in [0.1, 0.15) is 40.2 Å². The minimum atomic E-state index is -0.860. The van der Waals surface area contributed by atoms with Gasteiger partial charge in [-0.05, 0) is 67.2 Å². The van der Waals surface area contributed by atoms with Gasteiger partial charge in [0.05, 0.1) is 5.56 Å². The number of hydrogen-bond donors (Lipinski definition) is 1. The molecule has 23 heavy (non-hydrogen) atoms. The average Bonchev–Trinajstić information content (AvgIpc) is 2.57. The Bertz CT molecular complexity index is 676. The first kappa shape index (κ1) is 16.2. The highest BCUT2D eigenvalue weighted by atomic mass is 79.9. The first-order valence-corrected chi connectivity index (χ1v) is 8.71. The first-order valence-electron chi connectivity index (χ1n) is 7.92. The lowest BCUT2D eigenvalue weighted by molar-refractivity contribution is 0.0696. The quantitative estimate of drug-likeness (QED) is 0.855. The number of benzene rings is 2. The van der Waals surface area contributed by atoms with Crippen molar-refractivity contribution in [2.75, 3.05) is 13.1 Å². The summed E-state index contributed by atoms with van der Waals surface area (Å²) in [7, 11) is 0. The van der Waals surface area contributed by atoms with E-state index in [1.54, 1.807) is 12.1 Å². The minimum absolute atomic E-state index is 0.368. The third-order valence-corrected chi connectivity index (χ3v) is 5.04. The second-order valence-corrected chi connectivity index (χ2v) is 7.02. The van der Waals surface area contributed by atoms with Crippen LogP contribution in [0.2, 0.25) is 0 Å². The standard InChI is InChI=1S/C19H20BrNO2/c20-18-6-4-15(5-7-18)16-8-10-21(11-9-16)13-14-2-1-3-17(12-14)19(22)23/h1-7,12,16H,8-11,13H2,(H,22,23). The molecule has 0 atom stereocenters. The van der Waals surface area contributed by atoms with E-state index >= 15 is 0 Å². The maximum atomic E-state index is 11.1. The van der Waals surface area contributed by atoms with Crippen LogP contribution in [-0.4, -0.2) is 29.1 Å². The zero-order valence-corrected chi connectivity index (χ0v) is 14.5. The van der Waals surface area contributed by atoms with Crippen molar-refractivity contribution in [3.63, 3.8) is 0 Å². The first-order chi connectivity index (χ1) is 11.1. The van der Waals surface area contributed by atoms with E-state index in [1.165, 1.54) is 5.56 Å². The molecule has 1 heterocycles. The van der Waals surface area contributed by atoms with Crippen molar-refractivity contribution < 1.29 is 9.90 Å². The van der Waals surface area contributed by atoms with Gasteiger partial charge < -0.3 is 5.11 Å². The number of carboxylic acids is 1. The highest BCUT2D eigenvalue weighted by molar-refractivity contribution is 9.10. The van der Waals surface area contributed by atoms with Gasteiger partial charge in [0.1, 0.15) is 0 Å². The van der Waals surface area contributed by atoms with Gasteiger partial charge in [-0.3, -0.25) is 4.90 Å². The molecule has 1 saturated heterocycles. The summed E-state index contributed by atoms with van der Waals surface area (Å²) < 4.78 is 1.12. The Morgan fingerprint density at radius 2 is 1.83 bits per heavy atom.